The van der Waals surface area contributed by atoms with Crippen molar-refractivity contribution in [3.8, 4) is 0 Å². The summed E-state index contributed by atoms with van der Waals surface area (Å²) < 4.78 is 22.7. The minimum atomic E-state index is -5.34. The zero-order chi connectivity index (χ0) is 14.2. The van der Waals surface area contributed by atoms with Crippen LogP contribution in [0.5, 0.6) is 0 Å². The highest BCUT2D eigenvalue weighted by molar-refractivity contribution is 7.72. The molecule has 0 aliphatic heterocycles. The minimum Gasteiger partial charge on any atom is -0.367 e. The van der Waals surface area contributed by atoms with Crippen molar-refractivity contribution >= 4 is 15.2 Å². The zero-order valence-corrected chi connectivity index (χ0v) is 11.9. The second-order valence-electron chi connectivity index (χ2n) is 4.96. The van der Waals surface area contributed by atoms with Gasteiger partial charge in [0.1, 0.15) is 0 Å². The van der Waals surface area contributed by atoms with Crippen LogP contribution >= 0.6 is 15.2 Å². The molecule has 1 rings (SSSR count). The maximum atomic E-state index is 11.3. The van der Waals surface area contributed by atoms with Crippen LogP contribution in [0.25, 0.3) is 0 Å². The highest BCUT2D eigenvalue weighted by atomic mass is 31.2. The summed E-state index contributed by atoms with van der Waals surface area (Å²) in [5.74, 6) is -1.44. The molecule has 9 heteroatoms. The molecule has 1 aliphatic carbocycles. The fourth-order valence-electron chi connectivity index (χ4n) is 2.65. The van der Waals surface area contributed by atoms with Crippen molar-refractivity contribution < 1.29 is 33.8 Å². The van der Waals surface area contributed by atoms with Crippen LogP contribution in [0.4, 0.5) is 0 Å². The van der Waals surface area contributed by atoms with Crippen molar-refractivity contribution in [2.75, 3.05) is 0 Å². The van der Waals surface area contributed by atoms with Crippen LogP contribution in [-0.2, 0) is 9.13 Å². The largest absolute Gasteiger partial charge is 0.369 e. The molecule has 1 unspecified atom stereocenters. The van der Waals surface area contributed by atoms with Gasteiger partial charge in [0.05, 0.1) is 0 Å². The van der Waals surface area contributed by atoms with E-state index < -0.39 is 26.2 Å². The average Bonchev–Trinajstić information content (AvgIpc) is 2.25. The molecule has 0 spiro atoms. The molecule has 0 aromatic carbocycles. The highest BCUT2D eigenvalue weighted by Crippen LogP contribution is 2.71. The maximum Gasteiger partial charge on any atom is 0.369 e. The quantitative estimate of drug-likeness (QED) is 0.492. The van der Waals surface area contributed by atoms with E-state index in [1.807, 2.05) is 0 Å². The molecule has 0 aromatic heterocycles. The summed E-state index contributed by atoms with van der Waals surface area (Å²) in [4.78, 5) is 36.6. The lowest BCUT2D eigenvalue weighted by molar-refractivity contribution is 0.0485. The van der Waals surface area contributed by atoms with E-state index in [-0.39, 0.29) is 5.92 Å². The lowest BCUT2D eigenvalue weighted by Gasteiger charge is -2.39. The first-order valence-corrected chi connectivity index (χ1v) is 9.08. The molecule has 0 aromatic rings. The second-order valence-corrected chi connectivity index (χ2v) is 8.85. The van der Waals surface area contributed by atoms with E-state index in [2.05, 4.69) is 0 Å². The van der Waals surface area contributed by atoms with Gasteiger partial charge < -0.3 is 24.7 Å². The SMILES string of the molecule is CC(C1CCCCC1)C(O)(P(=O)(O)O)P(=O)(O)O. The summed E-state index contributed by atoms with van der Waals surface area (Å²) in [6.07, 6.45) is 3.90. The third kappa shape index (κ3) is 2.88. The Balaban J connectivity index is 3.12. The van der Waals surface area contributed by atoms with E-state index in [0.29, 0.717) is 12.8 Å². The molecule has 1 atom stereocenters. The van der Waals surface area contributed by atoms with E-state index in [9.17, 15) is 14.2 Å². The Morgan fingerprint density at radius 1 is 1.00 bits per heavy atom. The summed E-state index contributed by atoms with van der Waals surface area (Å²) in [6, 6.07) is 0. The van der Waals surface area contributed by atoms with Crippen LogP contribution in [0.1, 0.15) is 39.0 Å². The topological polar surface area (TPSA) is 135 Å². The van der Waals surface area contributed by atoms with Gasteiger partial charge in [0.25, 0.3) is 5.08 Å². The Kier molecular flexibility index (Phi) is 4.83. The summed E-state index contributed by atoms with van der Waals surface area (Å²) in [6.45, 7) is 1.30. The highest BCUT2D eigenvalue weighted by Gasteiger charge is 2.63. The predicted octanol–water partition coefficient (Wildman–Crippen LogP) is 1.20. The van der Waals surface area contributed by atoms with Crippen LogP contribution < -0.4 is 0 Å². The van der Waals surface area contributed by atoms with Crippen molar-refractivity contribution in [2.24, 2.45) is 11.8 Å². The molecule has 7 nitrogen and oxygen atoms in total. The normalized spacial score (nSPS) is 21.9. The number of aliphatic hydroxyl groups is 1. The number of hydrogen-bond donors (Lipinski definition) is 5. The summed E-state index contributed by atoms with van der Waals surface area (Å²) in [5, 5.41) is 6.70. The molecule has 1 saturated carbocycles. The van der Waals surface area contributed by atoms with E-state index in [1.165, 1.54) is 6.92 Å². The molecule has 0 radical (unpaired) electrons. The standard InChI is InChI=1S/C9H20O7P2/c1-7(8-5-3-2-4-6-8)9(10,17(11,12)13)18(14,15)16/h7-8,10H,2-6H2,1H3,(H2,11,12,13)(H2,14,15,16). The third-order valence-corrected chi connectivity index (χ3v) is 7.92. The van der Waals surface area contributed by atoms with Crippen molar-refractivity contribution in [3.05, 3.63) is 0 Å². The van der Waals surface area contributed by atoms with Gasteiger partial charge in [-0.25, -0.2) is 0 Å². The van der Waals surface area contributed by atoms with Crippen LogP contribution in [-0.4, -0.2) is 29.8 Å². The maximum absolute atomic E-state index is 11.3. The Morgan fingerprint density at radius 3 is 1.72 bits per heavy atom. The molecule has 0 amide bonds. The van der Waals surface area contributed by atoms with E-state index in [1.54, 1.807) is 0 Å². The van der Waals surface area contributed by atoms with Gasteiger partial charge in [0, 0.05) is 5.92 Å². The fraction of sp³-hybridized carbons (Fsp3) is 1.00. The van der Waals surface area contributed by atoms with Gasteiger partial charge >= 0.3 is 15.2 Å². The van der Waals surface area contributed by atoms with Gasteiger partial charge in [-0.15, -0.1) is 0 Å². The molecule has 18 heavy (non-hydrogen) atoms. The van der Waals surface area contributed by atoms with Crippen molar-refractivity contribution in [2.45, 2.75) is 44.1 Å². The molecule has 0 saturated heterocycles. The molecular weight excluding hydrogens is 282 g/mol. The minimum absolute atomic E-state index is 0.288. The molecular formula is C9H20O7P2. The lowest BCUT2D eigenvalue weighted by Crippen LogP contribution is -2.40. The van der Waals surface area contributed by atoms with Crippen molar-refractivity contribution in [3.63, 3.8) is 0 Å². The summed E-state index contributed by atoms with van der Waals surface area (Å²) >= 11 is 0. The van der Waals surface area contributed by atoms with Gasteiger partial charge in [0.2, 0.25) is 0 Å². The number of hydrogen-bond acceptors (Lipinski definition) is 3. The molecule has 5 N–H and O–H groups in total. The Bertz CT molecular complexity index is 356. The van der Waals surface area contributed by atoms with Crippen molar-refractivity contribution in [1.29, 1.82) is 0 Å². The van der Waals surface area contributed by atoms with Crippen molar-refractivity contribution in [1.82, 2.24) is 0 Å². The van der Waals surface area contributed by atoms with Crippen LogP contribution in [0.15, 0.2) is 0 Å². The van der Waals surface area contributed by atoms with Crippen LogP contribution in [0.2, 0.25) is 0 Å². The first-order chi connectivity index (χ1) is 8.02. The summed E-state index contributed by atoms with van der Waals surface area (Å²) in [5.41, 5.74) is 0. The second kappa shape index (κ2) is 5.33. The third-order valence-electron chi connectivity index (χ3n) is 3.83. The molecule has 108 valence electrons. The van der Waals surface area contributed by atoms with Crippen LogP contribution in [0, 0.1) is 11.8 Å². The Morgan fingerprint density at radius 2 is 1.39 bits per heavy atom. The van der Waals surface area contributed by atoms with Gasteiger partial charge in [0.15, 0.2) is 0 Å². The number of rotatable bonds is 4. The van der Waals surface area contributed by atoms with Gasteiger partial charge in [-0.2, -0.15) is 0 Å². The van der Waals surface area contributed by atoms with Crippen LogP contribution in [0.3, 0.4) is 0 Å². The summed E-state index contributed by atoms with van der Waals surface area (Å²) in [7, 11) is -10.7. The van der Waals surface area contributed by atoms with Gasteiger partial charge in [-0.3, -0.25) is 9.13 Å². The first kappa shape index (κ1) is 16.3. The predicted molar refractivity (Wildman–Crippen MR) is 64.8 cm³/mol. The molecule has 1 fully saturated rings. The van der Waals surface area contributed by atoms with Gasteiger partial charge in [-0.05, 0) is 5.92 Å². The Hall–Kier alpha value is 0.260. The van der Waals surface area contributed by atoms with E-state index in [4.69, 9.17) is 19.6 Å². The molecule has 1 aliphatic rings. The monoisotopic (exact) mass is 302 g/mol. The smallest absolute Gasteiger partial charge is 0.367 e. The molecule has 0 heterocycles. The zero-order valence-electron chi connectivity index (χ0n) is 10.1. The Labute approximate surface area is 106 Å². The first-order valence-electron chi connectivity index (χ1n) is 5.85. The fourth-order valence-corrected chi connectivity index (χ4v) is 5.49. The van der Waals surface area contributed by atoms with E-state index >= 15 is 0 Å². The van der Waals surface area contributed by atoms with E-state index in [0.717, 1.165) is 19.3 Å². The molecule has 0 bridgehead atoms. The lowest BCUT2D eigenvalue weighted by atomic mass is 9.81. The average molecular weight is 302 g/mol. The van der Waals surface area contributed by atoms with Gasteiger partial charge in [-0.1, -0.05) is 39.0 Å².